The van der Waals surface area contributed by atoms with Crippen LogP contribution in [-0.4, -0.2) is 25.8 Å². The molecule has 0 saturated carbocycles. The van der Waals surface area contributed by atoms with Gasteiger partial charge in [-0.2, -0.15) is 8.78 Å². The first-order valence-electron chi connectivity index (χ1n) is 7.34. The molecule has 0 spiro atoms. The fourth-order valence-corrected chi connectivity index (χ4v) is 3.17. The van der Waals surface area contributed by atoms with Gasteiger partial charge in [-0.1, -0.05) is 12.1 Å². The van der Waals surface area contributed by atoms with E-state index < -0.39 is 6.61 Å². The Hall–Kier alpha value is -2.67. The third-order valence-corrected chi connectivity index (χ3v) is 4.42. The second-order valence-electron chi connectivity index (χ2n) is 5.01. The van der Waals surface area contributed by atoms with Crippen LogP contribution in [0.15, 0.2) is 36.4 Å². The molecule has 130 valence electrons. The highest BCUT2D eigenvalue weighted by Gasteiger charge is 2.10. The first-order valence-corrected chi connectivity index (χ1v) is 8.16. The van der Waals surface area contributed by atoms with E-state index in [9.17, 15) is 8.78 Å². The zero-order valence-corrected chi connectivity index (χ0v) is 14.3. The van der Waals surface area contributed by atoms with E-state index in [1.807, 2.05) is 24.3 Å². The predicted octanol–water partition coefficient (Wildman–Crippen LogP) is 5.09. The largest absolute Gasteiger partial charge is 0.497 e. The molecule has 3 aromatic rings. The van der Waals surface area contributed by atoms with Crippen molar-refractivity contribution in [1.29, 1.82) is 0 Å². The Labute approximate surface area is 147 Å². The number of hydrogen-bond donors (Lipinski definition) is 0. The van der Waals surface area contributed by atoms with E-state index in [1.165, 1.54) is 24.5 Å². The first-order chi connectivity index (χ1) is 12.1. The molecule has 4 nitrogen and oxygen atoms in total. The Bertz CT molecular complexity index is 908. The first kappa shape index (κ1) is 17.2. The molecule has 0 aliphatic carbocycles. The molecule has 0 amide bonds. The Balaban J connectivity index is 1.86. The number of halogens is 2. The van der Waals surface area contributed by atoms with Crippen molar-refractivity contribution in [2.45, 2.75) is 6.61 Å². The molecule has 3 rings (SSSR count). The van der Waals surface area contributed by atoms with Crippen LogP contribution in [0.4, 0.5) is 8.78 Å². The minimum atomic E-state index is -2.91. The maximum Gasteiger partial charge on any atom is 0.387 e. The Morgan fingerprint density at radius 3 is 2.56 bits per heavy atom. The fourth-order valence-electron chi connectivity index (χ4n) is 2.27. The van der Waals surface area contributed by atoms with Gasteiger partial charge in [0.25, 0.3) is 0 Å². The van der Waals surface area contributed by atoms with Crippen LogP contribution in [0.3, 0.4) is 0 Å². The predicted molar refractivity (Wildman–Crippen MR) is 94.7 cm³/mol. The SMILES string of the molecule is COc1ccc2nc(/C=C/c3ccc(OC)c(OC(F)F)c3)sc2c1. The zero-order valence-electron chi connectivity index (χ0n) is 13.5. The van der Waals surface area contributed by atoms with Crippen LogP contribution >= 0.6 is 11.3 Å². The van der Waals surface area contributed by atoms with Gasteiger partial charge in [0, 0.05) is 0 Å². The standard InChI is InChI=1S/C18H15F2NO3S/c1-22-12-5-6-13-16(10-12)25-17(21-13)8-4-11-3-7-14(23-2)15(9-11)24-18(19)20/h3-10,18H,1-2H3/b8-4+. The molecule has 0 saturated heterocycles. The van der Waals surface area contributed by atoms with Crippen molar-refractivity contribution in [2.75, 3.05) is 14.2 Å². The molecule has 7 heteroatoms. The lowest BCUT2D eigenvalue weighted by atomic mass is 10.2. The molecule has 1 aromatic heterocycles. The zero-order chi connectivity index (χ0) is 17.8. The smallest absolute Gasteiger partial charge is 0.387 e. The van der Waals surface area contributed by atoms with Crippen molar-refractivity contribution in [3.63, 3.8) is 0 Å². The summed E-state index contributed by atoms with van der Waals surface area (Å²) in [6.07, 6.45) is 3.61. The summed E-state index contributed by atoms with van der Waals surface area (Å²) < 4.78 is 40.7. The van der Waals surface area contributed by atoms with E-state index in [1.54, 1.807) is 25.3 Å². The second kappa shape index (κ2) is 7.48. The van der Waals surface area contributed by atoms with Crippen molar-refractivity contribution in [3.8, 4) is 17.2 Å². The maximum absolute atomic E-state index is 12.5. The number of aromatic nitrogens is 1. The van der Waals surface area contributed by atoms with E-state index in [-0.39, 0.29) is 11.5 Å². The van der Waals surface area contributed by atoms with Crippen LogP contribution in [0.1, 0.15) is 10.6 Å². The highest BCUT2D eigenvalue weighted by molar-refractivity contribution is 7.19. The molecule has 25 heavy (non-hydrogen) atoms. The average Bonchev–Trinajstić information content (AvgIpc) is 3.01. The van der Waals surface area contributed by atoms with Gasteiger partial charge in [0.05, 0.1) is 24.4 Å². The van der Waals surface area contributed by atoms with Gasteiger partial charge in [0.15, 0.2) is 11.5 Å². The van der Waals surface area contributed by atoms with Crippen LogP contribution in [-0.2, 0) is 0 Å². The minimum Gasteiger partial charge on any atom is -0.497 e. The second-order valence-corrected chi connectivity index (χ2v) is 6.07. The lowest BCUT2D eigenvalue weighted by Crippen LogP contribution is -2.03. The summed E-state index contributed by atoms with van der Waals surface area (Å²) in [4.78, 5) is 4.51. The minimum absolute atomic E-state index is 0.00585. The van der Waals surface area contributed by atoms with Crippen LogP contribution < -0.4 is 14.2 Å². The quantitative estimate of drug-likeness (QED) is 0.612. The summed E-state index contributed by atoms with van der Waals surface area (Å²) in [7, 11) is 3.02. The summed E-state index contributed by atoms with van der Waals surface area (Å²) in [6.45, 7) is -2.91. The van der Waals surface area contributed by atoms with Gasteiger partial charge < -0.3 is 14.2 Å². The molecule has 0 radical (unpaired) electrons. The van der Waals surface area contributed by atoms with Gasteiger partial charge in [-0.05, 0) is 42.0 Å². The molecule has 0 atom stereocenters. The number of methoxy groups -OCH3 is 2. The molecule has 0 unspecified atom stereocenters. The fraction of sp³-hybridized carbons (Fsp3) is 0.167. The molecular weight excluding hydrogens is 348 g/mol. The van der Waals surface area contributed by atoms with Gasteiger partial charge in [-0.15, -0.1) is 11.3 Å². The molecule has 0 N–H and O–H groups in total. The molecule has 0 aliphatic rings. The number of alkyl halides is 2. The third-order valence-electron chi connectivity index (χ3n) is 3.43. The number of nitrogens with zero attached hydrogens (tertiary/aromatic N) is 1. The monoisotopic (exact) mass is 363 g/mol. The van der Waals surface area contributed by atoms with E-state index in [0.29, 0.717) is 5.56 Å². The van der Waals surface area contributed by atoms with Gasteiger partial charge in [-0.3, -0.25) is 0 Å². The topological polar surface area (TPSA) is 40.6 Å². The van der Waals surface area contributed by atoms with Gasteiger partial charge in [0.1, 0.15) is 10.8 Å². The normalized spacial score (nSPS) is 11.4. The third kappa shape index (κ3) is 4.06. The van der Waals surface area contributed by atoms with Crippen LogP contribution in [0.25, 0.3) is 22.4 Å². The van der Waals surface area contributed by atoms with Crippen molar-refractivity contribution in [1.82, 2.24) is 4.98 Å². The lowest BCUT2D eigenvalue weighted by molar-refractivity contribution is -0.0512. The summed E-state index contributed by atoms with van der Waals surface area (Å²) in [5.74, 6) is 1.02. The summed E-state index contributed by atoms with van der Waals surface area (Å²) >= 11 is 1.51. The Kier molecular flexibility index (Phi) is 5.14. The van der Waals surface area contributed by atoms with Crippen molar-refractivity contribution >= 4 is 33.7 Å². The number of benzene rings is 2. The Morgan fingerprint density at radius 2 is 1.84 bits per heavy atom. The summed E-state index contributed by atoms with van der Waals surface area (Å²) in [5.41, 5.74) is 1.58. The van der Waals surface area contributed by atoms with Gasteiger partial charge in [0.2, 0.25) is 0 Å². The van der Waals surface area contributed by atoms with E-state index >= 15 is 0 Å². The number of thiazole rings is 1. The molecule has 2 aromatic carbocycles. The number of ether oxygens (including phenoxy) is 3. The van der Waals surface area contributed by atoms with Crippen molar-refractivity contribution in [2.24, 2.45) is 0 Å². The van der Waals surface area contributed by atoms with E-state index in [0.717, 1.165) is 21.0 Å². The van der Waals surface area contributed by atoms with Crippen LogP contribution in [0, 0.1) is 0 Å². The molecule has 0 fully saturated rings. The number of rotatable bonds is 6. The van der Waals surface area contributed by atoms with Gasteiger partial charge in [-0.25, -0.2) is 4.98 Å². The Morgan fingerprint density at radius 1 is 1.00 bits per heavy atom. The van der Waals surface area contributed by atoms with Crippen LogP contribution in [0.5, 0.6) is 17.2 Å². The number of hydrogen-bond acceptors (Lipinski definition) is 5. The van der Waals surface area contributed by atoms with E-state index in [2.05, 4.69) is 9.72 Å². The maximum atomic E-state index is 12.5. The lowest BCUT2D eigenvalue weighted by Gasteiger charge is -2.10. The average molecular weight is 363 g/mol. The number of fused-ring (bicyclic) bond motifs is 1. The molecule has 1 heterocycles. The molecule has 0 aliphatic heterocycles. The summed E-state index contributed by atoms with van der Waals surface area (Å²) in [5, 5.41) is 0.801. The van der Waals surface area contributed by atoms with E-state index in [4.69, 9.17) is 9.47 Å². The van der Waals surface area contributed by atoms with Gasteiger partial charge >= 0.3 is 6.61 Å². The van der Waals surface area contributed by atoms with Crippen LogP contribution in [0.2, 0.25) is 0 Å². The van der Waals surface area contributed by atoms with Crippen molar-refractivity contribution < 1.29 is 23.0 Å². The molecular formula is C18H15F2NO3S. The van der Waals surface area contributed by atoms with Crippen molar-refractivity contribution in [3.05, 3.63) is 47.0 Å². The highest BCUT2D eigenvalue weighted by atomic mass is 32.1. The highest BCUT2D eigenvalue weighted by Crippen LogP contribution is 2.31. The summed E-state index contributed by atoms with van der Waals surface area (Å²) in [6, 6.07) is 10.5. The molecule has 0 bridgehead atoms.